The molecule has 2 N–H and O–H groups in total. The Morgan fingerprint density at radius 2 is 2.17 bits per heavy atom. The minimum Gasteiger partial charge on any atom is -0.496 e. The Hall–Kier alpha value is -1.88. The maximum atomic E-state index is 12.0. The Bertz CT molecular complexity index is 453. The number of amides is 2. The van der Waals surface area contributed by atoms with Crippen molar-refractivity contribution < 1.29 is 14.3 Å². The fourth-order valence-corrected chi connectivity index (χ4v) is 2.01. The van der Waals surface area contributed by atoms with Crippen molar-refractivity contribution in [3.8, 4) is 5.75 Å². The highest BCUT2D eigenvalue weighted by molar-refractivity contribution is 6.07. The number of rotatable bonds is 3. The van der Waals surface area contributed by atoms with E-state index in [4.69, 9.17) is 4.74 Å². The topological polar surface area (TPSA) is 67.4 Å². The van der Waals surface area contributed by atoms with Crippen LogP contribution < -0.4 is 15.4 Å². The molecule has 0 aromatic heterocycles. The second-order valence-electron chi connectivity index (χ2n) is 4.17. The lowest BCUT2D eigenvalue weighted by Gasteiger charge is -2.11. The van der Waals surface area contributed by atoms with Crippen molar-refractivity contribution in [3.05, 3.63) is 29.8 Å². The van der Waals surface area contributed by atoms with Gasteiger partial charge in [-0.25, -0.2) is 0 Å². The van der Waals surface area contributed by atoms with Gasteiger partial charge in [-0.2, -0.15) is 0 Å². The Morgan fingerprint density at radius 3 is 2.83 bits per heavy atom. The summed E-state index contributed by atoms with van der Waals surface area (Å²) < 4.78 is 5.09. The van der Waals surface area contributed by atoms with Gasteiger partial charge in [-0.3, -0.25) is 14.9 Å². The minimum absolute atomic E-state index is 0.261. The molecule has 1 atom stereocenters. The van der Waals surface area contributed by atoms with Gasteiger partial charge in [-0.05, 0) is 31.5 Å². The number of hydrogen-bond donors (Lipinski definition) is 2. The second kappa shape index (κ2) is 5.64. The number of imide groups is 1. The normalized spacial score (nSPS) is 18.4. The summed E-state index contributed by atoms with van der Waals surface area (Å²) in [6, 6.07) is 6.56. The first-order valence-corrected chi connectivity index (χ1v) is 5.94. The minimum atomic E-state index is -0.425. The first-order valence-electron chi connectivity index (χ1n) is 5.94. The summed E-state index contributed by atoms with van der Waals surface area (Å²) in [6.07, 6.45) is 1.73. The van der Waals surface area contributed by atoms with Gasteiger partial charge >= 0.3 is 0 Å². The molecular weight excluding hydrogens is 232 g/mol. The van der Waals surface area contributed by atoms with E-state index < -0.39 is 5.91 Å². The van der Waals surface area contributed by atoms with Crippen LogP contribution in [0.2, 0.25) is 0 Å². The lowest BCUT2D eigenvalue weighted by Crippen LogP contribution is -2.43. The van der Waals surface area contributed by atoms with E-state index in [1.54, 1.807) is 24.3 Å². The average Bonchev–Trinajstić information content (AvgIpc) is 2.92. The maximum absolute atomic E-state index is 12.0. The number of ether oxygens (including phenoxy) is 1. The van der Waals surface area contributed by atoms with Gasteiger partial charge in [0.1, 0.15) is 5.75 Å². The van der Waals surface area contributed by atoms with Gasteiger partial charge in [0.2, 0.25) is 5.91 Å². The van der Waals surface area contributed by atoms with Gasteiger partial charge in [-0.15, -0.1) is 0 Å². The Kier molecular flexibility index (Phi) is 3.94. The summed E-state index contributed by atoms with van der Waals surface area (Å²) in [6.45, 7) is 0.820. The van der Waals surface area contributed by atoms with Crippen molar-refractivity contribution in [1.82, 2.24) is 10.6 Å². The first kappa shape index (κ1) is 12.6. The Labute approximate surface area is 106 Å². The molecule has 1 fully saturated rings. The Balaban J connectivity index is 2.05. The van der Waals surface area contributed by atoms with Crippen molar-refractivity contribution in [2.75, 3.05) is 13.7 Å². The summed E-state index contributed by atoms with van der Waals surface area (Å²) in [5, 5.41) is 5.44. The predicted molar refractivity (Wildman–Crippen MR) is 66.5 cm³/mol. The van der Waals surface area contributed by atoms with Crippen LogP contribution in [0, 0.1) is 0 Å². The number of nitrogens with one attached hydrogen (secondary N) is 2. The molecule has 0 spiro atoms. The average molecular weight is 248 g/mol. The zero-order valence-electron chi connectivity index (χ0n) is 10.2. The van der Waals surface area contributed by atoms with Crippen molar-refractivity contribution in [2.24, 2.45) is 0 Å². The van der Waals surface area contributed by atoms with Crippen LogP contribution in [0.1, 0.15) is 23.2 Å². The van der Waals surface area contributed by atoms with Crippen LogP contribution in [-0.2, 0) is 4.79 Å². The van der Waals surface area contributed by atoms with Gasteiger partial charge < -0.3 is 10.1 Å². The van der Waals surface area contributed by atoms with Crippen LogP contribution in [0.15, 0.2) is 24.3 Å². The molecule has 2 rings (SSSR count). The molecule has 2 amide bonds. The summed E-state index contributed by atoms with van der Waals surface area (Å²) in [4.78, 5) is 23.7. The quantitative estimate of drug-likeness (QED) is 0.773. The van der Waals surface area contributed by atoms with Gasteiger partial charge in [0.25, 0.3) is 5.91 Å². The number of para-hydroxylation sites is 1. The number of carbonyl (C=O) groups excluding carboxylic acids is 2. The summed E-state index contributed by atoms with van der Waals surface area (Å²) in [5.41, 5.74) is 0.367. The van der Waals surface area contributed by atoms with Crippen molar-refractivity contribution in [3.63, 3.8) is 0 Å². The third-order valence-corrected chi connectivity index (χ3v) is 2.97. The van der Waals surface area contributed by atoms with E-state index in [-0.39, 0.29) is 11.9 Å². The van der Waals surface area contributed by atoms with Crippen molar-refractivity contribution in [1.29, 1.82) is 0 Å². The third kappa shape index (κ3) is 2.68. The predicted octanol–water partition coefficient (Wildman–Crippen LogP) is 0.704. The largest absolute Gasteiger partial charge is 0.496 e. The highest BCUT2D eigenvalue weighted by Gasteiger charge is 2.24. The molecule has 0 radical (unpaired) electrons. The molecule has 1 aromatic rings. The van der Waals surface area contributed by atoms with Crippen LogP contribution in [0.25, 0.3) is 0 Å². The smallest absolute Gasteiger partial charge is 0.261 e. The molecule has 1 saturated heterocycles. The zero-order valence-corrected chi connectivity index (χ0v) is 10.2. The van der Waals surface area contributed by atoms with E-state index in [9.17, 15) is 9.59 Å². The molecule has 1 aliphatic rings. The Morgan fingerprint density at radius 1 is 1.39 bits per heavy atom. The summed E-state index contributed by atoms with van der Waals surface area (Å²) in [7, 11) is 1.49. The standard InChI is InChI=1S/C13H16N2O3/c1-18-11-7-3-2-5-9(11)12(16)15-13(17)10-6-4-8-14-10/h2-3,5,7,10,14H,4,6,8H2,1H3,(H,15,16,17). The van der Waals surface area contributed by atoms with E-state index >= 15 is 0 Å². The molecule has 1 unspecified atom stereocenters. The molecule has 5 heteroatoms. The third-order valence-electron chi connectivity index (χ3n) is 2.97. The van der Waals surface area contributed by atoms with Gasteiger partial charge in [-0.1, -0.05) is 12.1 Å². The second-order valence-corrected chi connectivity index (χ2v) is 4.17. The molecule has 0 bridgehead atoms. The maximum Gasteiger partial charge on any atom is 0.261 e. The SMILES string of the molecule is COc1ccccc1C(=O)NC(=O)C1CCCN1. The molecule has 1 aromatic carbocycles. The highest BCUT2D eigenvalue weighted by atomic mass is 16.5. The fourth-order valence-electron chi connectivity index (χ4n) is 2.01. The number of hydrogen-bond acceptors (Lipinski definition) is 4. The van der Waals surface area contributed by atoms with Crippen LogP contribution in [0.4, 0.5) is 0 Å². The van der Waals surface area contributed by atoms with Gasteiger partial charge in [0, 0.05) is 0 Å². The van der Waals surface area contributed by atoms with Crippen LogP contribution in [0.3, 0.4) is 0 Å². The summed E-state index contributed by atoms with van der Waals surface area (Å²) >= 11 is 0. The van der Waals surface area contributed by atoms with E-state index in [2.05, 4.69) is 10.6 Å². The van der Waals surface area contributed by atoms with Crippen LogP contribution in [0.5, 0.6) is 5.75 Å². The van der Waals surface area contributed by atoms with E-state index in [1.807, 2.05) is 0 Å². The molecule has 0 saturated carbocycles. The van der Waals surface area contributed by atoms with E-state index in [1.165, 1.54) is 7.11 Å². The zero-order chi connectivity index (χ0) is 13.0. The molecule has 96 valence electrons. The van der Waals surface area contributed by atoms with Gasteiger partial charge in [0.05, 0.1) is 18.7 Å². The molecule has 1 heterocycles. The lowest BCUT2D eigenvalue weighted by atomic mass is 10.1. The van der Waals surface area contributed by atoms with Crippen LogP contribution >= 0.6 is 0 Å². The molecule has 0 aliphatic carbocycles. The monoisotopic (exact) mass is 248 g/mol. The number of methoxy groups -OCH3 is 1. The molecular formula is C13H16N2O3. The number of benzene rings is 1. The molecule has 5 nitrogen and oxygen atoms in total. The van der Waals surface area contributed by atoms with E-state index in [0.717, 1.165) is 19.4 Å². The van der Waals surface area contributed by atoms with Crippen LogP contribution in [-0.4, -0.2) is 31.5 Å². The summed E-state index contributed by atoms with van der Waals surface area (Å²) in [5.74, 6) is -0.239. The molecule has 1 aliphatic heterocycles. The van der Waals surface area contributed by atoms with Crippen molar-refractivity contribution in [2.45, 2.75) is 18.9 Å². The van der Waals surface area contributed by atoms with Gasteiger partial charge in [0.15, 0.2) is 0 Å². The first-order chi connectivity index (χ1) is 8.72. The lowest BCUT2D eigenvalue weighted by molar-refractivity contribution is -0.121. The highest BCUT2D eigenvalue weighted by Crippen LogP contribution is 2.17. The number of carbonyl (C=O) groups is 2. The van der Waals surface area contributed by atoms with Crippen molar-refractivity contribution >= 4 is 11.8 Å². The molecule has 18 heavy (non-hydrogen) atoms. The van der Waals surface area contributed by atoms with E-state index in [0.29, 0.717) is 11.3 Å². The fraction of sp³-hybridized carbons (Fsp3) is 0.385.